The molecular formula is C25H26N4O7. The molecule has 0 saturated carbocycles. The monoisotopic (exact) mass is 494 g/mol. The van der Waals surface area contributed by atoms with E-state index in [1.807, 2.05) is 0 Å². The topological polar surface area (TPSA) is 143 Å². The number of nitrogens with two attached hydrogens (primary N) is 1. The number of hydrogen-bond donors (Lipinski definition) is 2. The molecule has 0 aliphatic carbocycles. The Labute approximate surface area is 207 Å². The highest BCUT2D eigenvalue weighted by Gasteiger charge is 2.38. The Morgan fingerprint density at radius 3 is 1.94 bits per heavy atom. The molecule has 0 bridgehead atoms. The molecular weight excluding hydrogens is 468 g/mol. The first-order valence-corrected chi connectivity index (χ1v) is 10.7. The van der Waals surface area contributed by atoms with Crippen molar-refractivity contribution in [3.63, 3.8) is 0 Å². The average molecular weight is 495 g/mol. The van der Waals surface area contributed by atoms with E-state index in [1.165, 1.54) is 42.7 Å². The maximum Gasteiger partial charge on any atom is 0.244 e. The summed E-state index contributed by atoms with van der Waals surface area (Å²) in [7, 11) is 9.17. The van der Waals surface area contributed by atoms with E-state index >= 15 is 0 Å². The van der Waals surface area contributed by atoms with Gasteiger partial charge < -0.3 is 38.9 Å². The number of aromatic amines is 1. The summed E-state index contributed by atoms with van der Waals surface area (Å²) in [5.41, 5.74) is 8.73. The van der Waals surface area contributed by atoms with Crippen LogP contribution in [0, 0.1) is 11.3 Å². The van der Waals surface area contributed by atoms with E-state index in [0.29, 0.717) is 56.9 Å². The van der Waals surface area contributed by atoms with Gasteiger partial charge in [-0.2, -0.15) is 5.26 Å². The van der Waals surface area contributed by atoms with E-state index in [-0.39, 0.29) is 17.3 Å². The van der Waals surface area contributed by atoms with E-state index < -0.39 is 5.92 Å². The second kappa shape index (κ2) is 9.87. The number of nitriles is 1. The lowest BCUT2D eigenvalue weighted by molar-refractivity contribution is 0.324. The molecule has 1 aliphatic rings. The average Bonchev–Trinajstić information content (AvgIpc) is 3.33. The SMILES string of the molecule is COc1cc(OC)c(C2C(C#N)=C(N)Oc3n[nH]c(-c4cc(OC)c(OC)c(OC)c4)c32)cc1OC. The van der Waals surface area contributed by atoms with Crippen molar-refractivity contribution < 1.29 is 33.2 Å². The predicted octanol–water partition coefficient (Wildman–Crippen LogP) is 3.35. The molecule has 11 heteroatoms. The molecule has 2 heterocycles. The van der Waals surface area contributed by atoms with Gasteiger partial charge in [-0.1, -0.05) is 0 Å². The second-order valence-corrected chi connectivity index (χ2v) is 7.61. The van der Waals surface area contributed by atoms with Crippen LogP contribution in [0.15, 0.2) is 35.7 Å². The molecule has 36 heavy (non-hydrogen) atoms. The molecule has 3 aromatic rings. The Morgan fingerprint density at radius 1 is 0.833 bits per heavy atom. The first-order valence-electron chi connectivity index (χ1n) is 10.7. The van der Waals surface area contributed by atoms with Gasteiger partial charge >= 0.3 is 0 Å². The van der Waals surface area contributed by atoms with Crippen LogP contribution in [-0.4, -0.2) is 52.9 Å². The maximum atomic E-state index is 10.1. The number of benzene rings is 2. The number of methoxy groups -OCH3 is 6. The van der Waals surface area contributed by atoms with Crippen molar-refractivity contribution in [2.45, 2.75) is 5.92 Å². The summed E-state index contributed by atoms with van der Waals surface area (Å²) in [5, 5.41) is 17.4. The zero-order chi connectivity index (χ0) is 26.0. The lowest BCUT2D eigenvalue weighted by Gasteiger charge is -2.26. The zero-order valence-corrected chi connectivity index (χ0v) is 20.7. The van der Waals surface area contributed by atoms with Crippen molar-refractivity contribution in [2.75, 3.05) is 42.7 Å². The lowest BCUT2D eigenvalue weighted by atomic mass is 9.82. The van der Waals surface area contributed by atoms with Gasteiger partial charge in [0.1, 0.15) is 17.4 Å². The third kappa shape index (κ3) is 3.82. The summed E-state index contributed by atoms with van der Waals surface area (Å²) in [6.07, 6.45) is 0. The summed E-state index contributed by atoms with van der Waals surface area (Å²) in [6.45, 7) is 0. The number of ether oxygens (including phenoxy) is 7. The minimum atomic E-state index is -0.707. The standard InChI is InChI=1S/C25H26N4O7/c1-30-15-10-17(32-3)16(31-2)9-13(15)20-14(11-26)24(27)36-25-21(20)22(28-29-25)12-7-18(33-4)23(35-6)19(8-12)34-5/h7-10,20H,27H2,1-6H3,(H,28,29). The largest absolute Gasteiger partial charge is 0.496 e. The zero-order valence-electron chi connectivity index (χ0n) is 20.7. The molecule has 11 nitrogen and oxygen atoms in total. The van der Waals surface area contributed by atoms with Gasteiger partial charge in [-0.15, -0.1) is 5.10 Å². The minimum absolute atomic E-state index is 0.0604. The number of rotatable bonds is 8. The highest BCUT2D eigenvalue weighted by molar-refractivity contribution is 5.76. The van der Waals surface area contributed by atoms with Crippen molar-refractivity contribution in [1.29, 1.82) is 5.26 Å². The first kappa shape index (κ1) is 24.4. The number of aromatic nitrogens is 2. The molecule has 0 saturated heterocycles. The lowest BCUT2D eigenvalue weighted by Crippen LogP contribution is -2.21. The molecule has 0 radical (unpaired) electrons. The van der Waals surface area contributed by atoms with Crippen molar-refractivity contribution >= 4 is 0 Å². The number of allylic oxidation sites excluding steroid dienone is 1. The van der Waals surface area contributed by atoms with Crippen LogP contribution in [0.2, 0.25) is 0 Å². The van der Waals surface area contributed by atoms with Crippen LogP contribution >= 0.6 is 0 Å². The molecule has 0 fully saturated rings. The smallest absolute Gasteiger partial charge is 0.244 e. The highest BCUT2D eigenvalue weighted by Crippen LogP contribution is 2.51. The number of nitrogens with one attached hydrogen (secondary N) is 1. The van der Waals surface area contributed by atoms with Crippen LogP contribution in [0.4, 0.5) is 0 Å². The summed E-state index contributed by atoms with van der Waals surface area (Å²) in [5.74, 6) is 2.17. The predicted molar refractivity (Wildman–Crippen MR) is 129 cm³/mol. The number of H-pyrrole nitrogens is 1. The van der Waals surface area contributed by atoms with Crippen LogP contribution in [0.3, 0.4) is 0 Å². The Balaban J connectivity index is 2.02. The summed E-state index contributed by atoms with van der Waals surface area (Å²) < 4.78 is 38.8. The molecule has 1 atom stereocenters. The molecule has 0 amide bonds. The third-order valence-corrected chi connectivity index (χ3v) is 5.94. The molecule has 1 unspecified atom stereocenters. The van der Waals surface area contributed by atoms with E-state index in [0.717, 1.165) is 0 Å². The second-order valence-electron chi connectivity index (χ2n) is 7.61. The molecule has 4 rings (SSSR count). The van der Waals surface area contributed by atoms with Crippen molar-refractivity contribution in [2.24, 2.45) is 5.73 Å². The fourth-order valence-corrected chi connectivity index (χ4v) is 4.28. The summed E-state index contributed by atoms with van der Waals surface area (Å²) in [4.78, 5) is 0. The van der Waals surface area contributed by atoms with Gasteiger partial charge in [-0.25, -0.2) is 0 Å². The first-order chi connectivity index (χ1) is 17.5. The van der Waals surface area contributed by atoms with Crippen LogP contribution < -0.4 is 38.9 Å². The van der Waals surface area contributed by atoms with Crippen LogP contribution in [0.25, 0.3) is 11.3 Å². The number of nitrogens with zero attached hydrogens (tertiary/aromatic N) is 2. The molecule has 3 N–H and O–H groups in total. The fourth-order valence-electron chi connectivity index (χ4n) is 4.28. The minimum Gasteiger partial charge on any atom is -0.496 e. The summed E-state index contributed by atoms with van der Waals surface area (Å²) >= 11 is 0. The highest BCUT2D eigenvalue weighted by atomic mass is 16.5. The Morgan fingerprint density at radius 2 is 1.42 bits per heavy atom. The summed E-state index contributed by atoms with van der Waals surface area (Å²) in [6, 6.07) is 9.15. The van der Waals surface area contributed by atoms with Gasteiger partial charge in [0.25, 0.3) is 0 Å². The Kier molecular flexibility index (Phi) is 6.69. The maximum absolute atomic E-state index is 10.1. The molecule has 0 spiro atoms. The Bertz CT molecular complexity index is 1350. The quantitative estimate of drug-likeness (QED) is 0.478. The van der Waals surface area contributed by atoms with Crippen molar-refractivity contribution in [1.82, 2.24) is 10.2 Å². The number of hydrogen-bond acceptors (Lipinski definition) is 10. The van der Waals surface area contributed by atoms with Gasteiger partial charge in [0.05, 0.1) is 59.8 Å². The normalized spacial score (nSPS) is 14.3. The molecule has 1 aliphatic heterocycles. The van der Waals surface area contributed by atoms with E-state index in [1.54, 1.807) is 24.3 Å². The van der Waals surface area contributed by atoms with Crippen LogP contribution in [0.1, 0.15) is 17.0 Å². The van der Waals surface area contributed by atoms with Gasteiger partial charge in [-0.3, -0.25) is 5.10 Å². The van der Waals surface area contributed by atoms with E-state index in [4.69, 9.17) is 38.9 Å². The van der Waals surface area contributed by atoms with Gasteiger partial charge in [0, 0.05) is 17.2 Å². The van der Waals surface area contributed by atoms with E-state index in [9.17, 15) is 5.26 Å². The van der Waals surface area contributed by atoms with Crippen LogP contribution in [0.5, 0.6) is 40.4 Å². The van der Waals surface area contributed by atoms with Gasteiger partial charge in [0.15, 0.2) is 23.0 Å². The van der Waals surface area contributed by atoms with Crippen LogP contribution in [-0.2, 0) is 0 Å². The molecule has 188 valence electrons. The molecule has 2 aromatic carbocycles. The van der Waals surface area contributed by atoms with Crippen molar-refractivity contribution in [3.8, 4) is 57.7 Å². The Hall–Kier alpha value is -4.72. The van der Waals surface area contributed by atoms with Gasteiger partial charge in [-0.05, 0) is 18.2 Å². The van der Waals surface area contributed by atoms with E-state index in [2.05, 4.69) is 16.3 Å². The number of fused-ring (bicyclic) bond motifs is 1. The fraction of sp³-hybridized carbons (Fsp3) is 0.280. The van der Waals surface area contributed by atoms with Crippen molar-refractivity contribution in [3.05, 3.63) is 46.8 Å². The van der Waals surface area contributed by atoms with Gasteiger partial charge in [0.2, 0.25) is 17.5 Å². The third-order valence-electron chi connectivity index (χ3n) is 5.94. The molecule has 1 aromatic heterocycles.